The number of allylic oxidation sites excluding steroid dienone is 2. The van der Waals surface area contributed by atoms with Gasteiger partial charge in [-0.25, -0.2) is 4.98 Å². The van der Waals surface area contributed by atoms with Gasteiger partial charge in [-0.3, -0.25) is 9.59 Å². The highest BCUT2D eigenvalue weighted by molar-refractivity contribution is 7.09. The van der Waals surface area contributed by atoms with Crippen molar-refractivity contribution in [2.75, 3.05) is 5.32 Å². The van der Waals surface area contributed by atoms with Crippen molar-refractivity contribution in [3.8, 4) is 11.3 Å². The summed E-state index contributed by atoms with van der Waals surface area (Å²) in [7, 11) is 0. The zero-order valence-electron chi connectivity index (χ0n) is 13.2. The molecule has 24 heavy (non-hydrogen) atoms. The van der Waals surface area contributed by atoms with Crippen LogP contribution in [0.5, 0.6) is 0 Å². The maximum Gasteiger partial charge on any atom is 0.307 e. The summed E-state index contributed by atoms with van der Waals surface area (Å²) in [6, 6.07) is 7.44. The molecule has 5 nitrogen and oxygen atoms in total. The standard InChI is InChI=1S/C18H18N2O3S/c1-11-19-16(10-24-11)12-6-8-13(9-7-12)20-17(21)14-4-2-3-5-15(14)18(22)23/h2-3,6-10,14-15H,4-5H2,1H3,(H,20,21)(H,22,23)/t14-,15-/m0/s1. The number of rotatable bonds is 4. The third-order valence-corrected chi connectivity index (χ3v) is 4.93. The van der Waals surface area contributed by atoms with E-state index in [1.54, 1.807) is 11.3 Å². The summed E-state index contributed by atoms with van der Waals surface area (Å²) in [6.45, 7) is 1.96. The zero-order valence-corrected chi connectivity index (χ0v) is 14.0. The van der Waals surface area contributed by atoms with Crippen LogP contribution in [-0.4, -0.2) is 22.0 Å². The first-order valence-corrected chi connectivity index (χ1v) is 8.64. The van der Waals surface area contributed by atoms with E-state index in [-0.39, 0.29) is 5.91 Å². The summed E-state index contributed by atoms with van der Waals surface area (Å²) >= 11 is 1.59. The summed E-state index contributed by atoms with van der Waals surface area (Å²) in [5.41, 5.74) is 2.56. The molecule has 1 heterocycles. The van der Waals surface area contributed by atoms with Gasteiger partial charge in [0.25, 0.3) is 0 Å². The molecule has 0 fully saturated rings. The SMILES string of the molecule is Cc1nc(-c2ccc(NC(=O)[C@H]3CC=CC[C@@H]3C(=O)O)cc2)cs1. The van der Waals surface area contributed by atoms with Crippen LogP contribution in [0.4, 0.5) is 5.69 Å². The van der Waals surface area contributed by atoms with Gasteiger partial charge >= 0.3 is 5.97 Å². The van der Waals surface area contributed by atoms with Crippen molar-refractivity contribution in [1.29, 1.82) is 0 Å². The van der Waals surface area contributed by atoms with E-state index in [2.05, 4.69) is 10.3 Å². The van der Waals surface area contributed by atoms with E-state index in [4.69, 9.17) is 0 Å². The second-order valence-corrected chi connectivity index (χ2v) is 6.87. The normalized spacial score (nSPS) is 19.9. The maximum absolute atomic E-state index is 12.4. The average molecular weight is 342 g/mol. The fraction of sp³-hybridized carbons (Fsp3) is 0.278. The largest absolute Gasteiger partial charge is 0.481 e. The molecule has 0 saturated carbocycles. The smallest absolute Gasteiger partial charge is 0.307 e. The molecule has 0 saturated heterocycles. The molecule has 0 aliphatic heterocycles. The van der Waals surface area contributed by atoms with Gasteiger partial charge in [-0.15, -0.1) is 11.3 Å². The summed E-state index contributed by atoms with van der Waals surface area (Å²) in [6.07, 6.45) is 4.55. The summed E-state index contributed by atoms with van der Waals surface area (Å²) in [5.74, 6) is -2.36. The molecule has 2 aromatic rings. The molecule has 1 aliphatic carbocycles. The Kier molecular flexibility index (Phi) is 4.76. The molecule has 0 unspecified atom stereocenters. The summed E-state index contributed by atoms with van der Waals surface area (Å²) < 4.78 is 0. The zero-order chi connectivity index (χ0) is 17.1. The number of anilines is 1. The molecule has 0 spiro atoms. The Hall–Kier alpha value is -2.47. The average Bonchev–Trinajstić information content (AvgIpc) is 3.02. The first-order valence-electron chi connectivity index (χ1n) is 7.76. The van der Waals surface area contributed by atoms with Gasteiger partial charge in [0.1, 0.15) is 0 Å². The number of aliphatic carboxylic acids is 1. The van der Waals surface area contributed by atoms with Crippen LogP contribution in [0.25, 0.3) is 11.3 Å². The number of amides is 1. The predicted molar refractivity (Wildman–Crippen MR) is 93.9 cm³/mol. The Labute approximate surface area is 144 Å². The molecule has 2 N–H and O–H groups in total. The van der Waals surface area contributed by atoms with E-state index in [1.807, 2.05) is 48.7 Å². The topological polar surface area (TPSA) is 79.3 Å². The van der Waals surface area contributed by atoms with Gasteiger partial charge in [-0.1, -0.05) is 24.3 Å². The van der Waals surface area contributed by atoms with Gasteiger partial charge in [0.05, 0.1) is 22.5 Å². The third kappa shape index (κ3) is 3.54. The van der Waals surface area contributed by atoms with Crippen LogP contribution in [0.2, 0.25) is 0 Å². The van der Waals surface area contributed by atoms with Gasteiger partial charge in [0.15, 0.2) is 0 Å². The van der Waals surface area contributed by atoms with E-state index in [0.29, 0.717) is 18.5 Å². The van der Waals surface area contributed by atoms with Crippen LogP contribution in [0.3, 0.4) is 0 Å². The number of aryl methyl sites for hydroxylation is 1. The Morgan fingerprint density at radius 2 is 1.83 bits per heavy atom. The van der Waals surface area contributed by atoms with Gasteiger partial charge in [0, 0.05) is 16.6 Å². The molecule has 1 amide bonds. The number of thiazole rings is 1. The number of hydrogen-bond donors (Lipinski definition) is 2. The van der Waals surface area contributed by atoms with E-state index in [0.717, 1.165) is 16.3 Å². The molecule has 0 radical (unpaired) electrons. The molecular formula is C18H18N2O3S. The number of carbonyl (C=O) groups is 2. The quantitative estimate of drug-likeness (QED) is 0.830. The monoisotopic (exact) mass is 342 g/mol. The molecule has 1 aliphatic rings. The van der Waals surface area contributed by atoms with Crippen LogP contribution >= 0.6 is 11.3 Å². The van der Waals surface area contributed by atoms with E-state index < -0.39 is 17.8 Å². The Bertz CT molecular complexity index is 780. The van der Waals surface area contributed by atoms with E-state index >= 15 is 0 Å². The van der Waals surface area contributed by atoms with Crippen molar-refractivity contribution >= 4 is 28.9 Å². The molecule has 124 valence electrons. The number of hydrogen-bond acceptors (Lipinski definition) is 4. The summed E-state index contributed by atoms with van der Waals surface area (Å²) in [5, 5.41) is 15.1. The van der Waals surface area contributed by atoms with Gasteiger partial charge in [-0.05, 0) is 31.9 Å². The fourth-order valence-corrected chi connectivity index (χ4v) is 3.45. The van der Waals surface area contributed by atoms with Crippen molar-refractivity contribution in [2.24, 2.45) is 11.8 Å². The number of nitrogens with one attached hydrogen (secondary N) is 1. The molecule has 0 bridgehead atoms. The highest BCUT2D eigenvalue weighted by atomic mass is 32.1. The minimum atomic E-state index is -0.922. The van der Waals surface area contributed by atoms with Crippen molar-refractivity contribution in [1.82, 2.24) is 4.98 Å². The third-order valence-electron chi connectivity index (χ3n) is 4.15. The Morgan fingerprint density at radius 3 is 2.42 bits per heavy atom. The minimum absolute atomic E-state index is 0.246. The molecule has 3 rings (SSSR count). The summed E-state index contributed by atoms with van der Waals surface area (Å²) in [4.78, 5) is 28.2. The van der Waals surface area contributed by atoms with Crippen LogP contribution in [0, 0.1) is 18.8 Å². The van der Waals surface area contributed by atoms with Gasteiger partial charge in [-0.2, -0.15) is 0 Å². The van der Waals surface area contributed by atoms with Crippen molar-refractivity contribution < 1.29 is 14.7 Å². The minimum Gasteiger partial charge on any atom is -0.481 e. The Morgan fingerprint density at radius 1 is 1.17 bits per heavy atom. The number of carboxylic acids is 1. The van der Waals surface area contributed by atoms with Crippen LogP contribution < -0.4 is 5.32 Å². The highest BCUT2D eigenvalue weighted by Crippen LogP contribution is 2.28. The van der Waals surface area contributed by atoms with E-state index in [9.17, 15) is 14.7 Å². The fourth-order valence-electron chi connectivity index (χ4n) is 2.83. The number of benzene rings is 1. The lowest BCUT2D eigenvalue weighted by atomic mass is 9.82. The van der Waals surface area contributed by atoms with E-state index in [1.165, 1.54) is 0 Å². The van der Waals surface area contributed by atoms with Crippen LogP contribution in [-0.2, 0) is 9.59 Å². The second kappa shape index (κ2) is 6.97. The number of nitrogens with zero attached hydrogens (tertiary/aromatic N) is 1. The molecule has 2 atom stereocenters. The first-order chi connectivity index (χ1) is 11.5. The predicted octanol–water partition coefficient (Wildman–Crippen LogP) is 3.72. The lowest BCUT2D eigenvalue weighted by molar-refractivity contribution is -0.146. The number of carbonyl (C=O) groups excluding carboxylic acids is 1. The van der Waals surface area contributed by atoms with Crippen molar-refractivity contribution in [3.05, 3.63) is 46.8 Å². The van der Waals surface area contributed by atoms with Crippen molar-refractivity contribution in [2.45, 2.75) is 19.8 Å². The molecular weight excluding hydrogens is 324 g/mol. The van der Waals surface area contributed by atoms with Crippen LogP contribution in [0.15, 0.2) is 41.8 Å². The van der Waals surface area contributed by atoms with Gasteiger partial charge in [0.2, 0.25) is 5.91 Å². The maximum atomic E-state index is 12.4. The molecule has 1 aromatic carbocycles. The van der Waals surface area contributed by atoms with Crippen molar-refractivity contribution in [3.63, 3.8) is 0 Å². The Balaban J connectivity index is 1.70. The second-order valence-electron chi connectivity index (χ2n) is 5.81. The van der Waals surface area contributed by atoms with Gasteiger partial charge < -0.3 is 10.4 Å². The first kappa shape index (κ1) is 16.4. The highest BCUT2D eigenvalue weighted by Gasteiger charge is 2.33. The van der Waals surface area contributed by atoms with Crippen LogP contribution in [0.1, 0.15) is 17.8 Å². The molecule has 6 heteroatoms. The lowest BCUT2D eigenvalue weighted by Gasteiger charge is -2.24. The number of aromatic nitrogens is 1. The molecule has 1 aromatic heterocycles. The number of carboxylic acid groups (broad SMARTS) is 1. The lowest BCUT2D eigenvalue weighted by Crippen LogP contribution is -2.34.